The number of hydrogen-bond donors (Lipinski definition) is 1. The average Bonchev–Trinajstić information content (AvgIpc) is 3.30. The van der Waals surface area contributed by atoms with Gasteiger partial charge in [-0.2, -0.15) is 0 Å². The Morgan fingerprint density at radius 3 is 2.57 bits per heavy atom. The van der Waals surface area contributed by atoms with Crippen LogP contribution in [0.3, 0.4) is 0 Å². The first-order chi connectivity index (χ1) is 14.4. The molecule has 0 saturated carbocycles. The molecule has 4 rings (SSSR count). The van der Waals surface area contributed by atoms with Crippen molar-refractivity contribution in [3.63, 3.8) is 0 Å². The van der Waals surface area contributed by atoms with E-state index in [-0.39, 0.29) is 17.6 Å². The van der Waals surface area contributed by atoms with Gasteiger partial charge in [-0.15, -0.1) is 11.3 Å². The van der Waals surface area contributed by atoms with Gasteiger partial charge < -0.3 is 10.1 Å². The Hall–Kier alpha value is -2.91. The number of amides is 1. The van der Waals surface area contributed by atoms with E-state index in [1.54, 1.807) is 49.4 Å². The number of carbonyl (C=O) groups is 2. The molecule has 0 unspecified atom stereocenters. The molecule has 1 aliphatic rings. The minimum Gasteiger partial charge on any atom is -0.462 e. The second kappa shape index (κ2) is 8.08. The van der Waals surface area contributed by atoms with Crippen LogP contribution >= 0.6 is 11.3 Å². The summed E-state index contributed by atoms with van der Waals surface area (Å²) in [4.78, 5) is 25.0. The average molecular weight is 445 g/mol. The molecule has 0 radical (unpaired) electrons. The summed E-state index contributed by atoms with van der Waals surface area (Å²) in [6, 6.07) is 13.7. The standard InChI is InChI=1S/C21H20N2O5S2/c1-2-28-21(25)19-13-15-12-16(6-9-18(15)29-19)22-20(24)14-4-7-17(8-5-14)23-10-3-11-30(23,26)27/h4-9,12-13H,2-3,10-11H2,1H3,(H,22,24). The van der Waals surface area contributed by atoms with E-state index in [9.17, 15) is 18.0 Å². The Morgan fingerprint density at radius 1 is 1.13 bits per heavy atom. The summed E-state index contributed by atoms with van der Waals surface area (Å²) in [5.74, 6) is -0.506. The number of anilines is 2. The highest BCUT2D eigenvalue weighted by molar-refractivity contribution is 7.93. The maximum Gasteiger partial charge on any atom is 0.348 e. The summed E-state index contributed by atoms with van der Waals surface area (Å²) in [6.45, 7) is 2.54. The summed E-state index contributed by atoms with van der Waals surface area (Å²) in [5, 5.41) is 3.68. The van der Waals surface area contributed by atoms with Crippen molar-refractivity contribution in [2.24, 2.45) is 0 Å². The van der Waals surface area contributed by atoms with E-state index in [1.807, 2.05) is 6.07 Å². The fourth-order valence-electron chi connectivity index (χ4n) is 3.34. The van der Waals surface area contributed by atoms with Gasteiger partial charge in [0.1, 0.15) is 4.88 Å². The van der Waals surface area contributed by atoms with Gasteiger partial charge in [0.05, 0.1) is 18.0 Å². The summed E-state index contributed by atoms with van der Waals surface area (Å²) < 4.78 is 31.4. The van der Waals surface area contributed by atoms with Crippen LogP contribution in [0, 0.1) is 0 Å². The molecule has 9 heteroatoms. The molecule has 1 aromatic heterocycles. The maximum absolute atomic E-state index is 12.6. The summed E-state index contributed by atoms with van der Waals surface area (Å²) in [5.41, 5.74) is 1.59. The lowest BCUT2D eigenvalue weighted by molar-refractivity contribution is 0.0532. The van der Waals surface area contributed by atoms with Crippen LogP contribution in [0.5, 0.6) is 0 Å². The number of hydrogen-bond acceptors (Lipinski definition) is 6. The predicted molar refractivity (Wildman–Crippen MR) is 118 cm³/mol. The van der Waals surface area contributed by atoms with E-state index in [0.717, 1.165) is 10.1 Å². The third-order valence-electron chi connectivity index (χ3n) is 4.77. The predicted octanol–water partition coefficient (Wildman–Crippen LogP) is 3.87. The molecule has 1 amide bonds. The molecule has 3 aromatic rings. The zero-order valence-electron chi connectivity index (χ0n) is 16.3. The number of thiophene rings is 1. The van der Waals surface area contributed by atoms with Gasteiger partial charge in [0.15, 0.2) is 0 Å². The van der Waals surface area contributed by atoms with E-state index in [4.69, 9.17) is 4.74 Å². The van der Waals surface area contributed by atoms with E-state index >= 15 is 0 Å². The second-order valence-electron chi connectivity index (χ2n) is 6.83. The van der Waals surface area contributed by atoms with Crippen LogP contribution in [0.2, 0.25) is 0 Å². The molecule has 1 fully saturated rings. The fourth-order valence-corrected chi connectivity index (χ4v) is 5.84. The van der Waals surface area contributed by atoms with Gasteiger partial charge in [-0.25, -0.2) is 13.2 Å². The van der Waals surface area contributed by atoms with Crippen molar-refractivity contribution in [3.05, 3.63) is 59.0 Å². The fraction of sp³-hybridized carbons (Fsp3) is 0.238. The van der Waals surface area contributed by atoms with Crippen molar-refractivity contribution in [1.29, 1.82) is 0 Å². The lowest BCUT2D eigenvalue weighted by Gasteiger charge is -2.17. The molecule has 0 bridgehead atoms. The Balaban J connectivity index is 1.49. The first kappa shape index (κ1) is 20.4. The summed E-state index contributed by atoms with van der Waals surface area (Å²) in [6.07, 6.45) is 0.605. The molecular formula is C21H20N2O5S2. The third kappa shape index (κ3) is 4.03. The van der Waals surface area contributed by atoms with Gasteiger partial charge in [-0.1, -0.05) is 0 Å². The number of nitrogens with one attached hydrogen (secondary N) is 1. The monoisotopic (exact) mass is 444 g/mol. The molecule has 0 aliphatic carbocycles. The van der Waals surface area contributed by atoms with Crippen LogP contribution in [0.15, 0.2) is 48.5 Å². The normalized spacial score (nSPS) is 15.3. The minimum atomic E-state index is -3.25. The van der Waals surface area contributed by atoms with Crippen LogP contribution in [0.4, 0.5) is 11.4 Å². The van der Waals surface area contributed by atoms with E-state index in [0.29, 0.717) is 41.4 Å². The van der Waals surface area contributed by atoms with E-state index < -0.39 is 10.0 Å². The molecule has 2 heterocycles. The van der Waals surface area contributed by atoms with Gasteiger partial charge in [-0.3, -0.25) is 9.10 Å². The van der Waals surface area contributed by atoms with Crippen molar-refractivity contribution >= 4 is 54.7 Å². The number of benzene rings is 2. The van der Waals surface area contributed by atoms with Crippen molar-refractivity contribution in [2.45, 2.75) is 13.3 Å². The first-order valence-corrected chi connectivity index (χ1v) is 11.9. The number of nitrogens with zero attached hydrogens (tertiary/aromatic N) is 1. The van der Waals surface area contributed by atoms with Crippen molar-refractivity contribution in [1.82, 2.24) is 0 Å². The Morgan fingerprint density at radius 2 is 1.90 bits per heavy atom. The van der Waals surface area contributed by atoms with Gasteiger partial charge in [-0.05, 0) is 67.3 Å². The Labute approximate surface area is 178 Å². The van der Waals surface area contributed by atoms with Crippen LogP contribution in [-0.2, 0) is 14.8 Å². The molecule has 30 heavy (non-hydrogen) atoms. The SMILES string of the molecule is CCOC(=O)c1cc2cc(NC(=O)c3ccc(N4CCCS4(=O)=O)cc3)ccc2s1. The molecule has 0 spiro atoms. The molecule has 1 saturated heterocycles. The van der Waals surface area contributed by atoms with Crippen molar-refractivity contribution in [2.75, 3.05) is 28.5 Å². The lowest BCUT2D eigenvalue weighted by Crippen LogP contribution is -2.25. The van der Waals surface area contributed by atoms with Crippen molar-refractivity contribution < 1.29 is 22.7 Å². The second-order valence-corrected chi connectivity index (χ2v) is 9.92. The van der Waals surface area contributed by atoms with E-state index in [1.165, 1.54) is 15.6 Å². The number of carbonyl (C=O) groups excluding carboxylic acids is 2. The smallest absolute Gasteiger partial charge is 0.348 e. The molecular weight excluding hydrogens is 424 g/mol. The first-order valence-electron chi connectivity index (χ1n) is 9.50. The molecule has 7 nitrogen and oxygen atoms in total. The largest absolute Gasteiger partial charge is 0.462 e. The molecule has 2 aromatic carbocycles. The molecule has 0 atom stereocenters. The number of esters is 1. The van der Waals surface area contributed by atoms with Gasteiger partial charge in [0.2, 0.25) is 10.0 Å². The topological polar surface area (TPSA) is 92.8 Å². The molecule has 156 valence electrons. The number of fused-ring (bicyclic) bond motifs is 1. The van der Waals surface area contributed by atoms with Crippen LogP contribution in [0.25, 0.3) is 10.1 Å². The summed E-state index contributed by atoms with van der Waals surface area (Å²) in [7, 11) is -3.25. The highest BCUT2D eigenvalue weighted by Crippen LogP contribution is 2.29. The van der Waals surface area contributed by atoms with Gasteiger partial charge in [0, 0.05) is 22.5 Å². The maximum atomic E-state index is 12.6. The van der Waals surface area contributed by atoms with Crippen LogP contribution < -0.4 is 9.62 Å². The Bertz CT molecular complexity index is 1220. The number of sulfonamides is 1. The minimum absolute atomic E-state index is 0.151. The molecule has 1 N–H and O–H groups in total. The highest BCUT2D eigenvalue weighted by atomic mass is 32.2. The number of rotatable bonds is 5. The van der Waals surface area contributed by atoms with Crippen molar-refractivity contribution in [3.8, 4) is 0 Å². The third-order valence-corrected chi connectivity index (χ3v) is 7.73. The van der Waals surface area contributed by atoms with Gasteiger partial charge >= 0.3 is 5.97 Å². The summed E-state index contributed by atoms with van der Waals surface area (Å²) >= 11 is 1.34. The molecule has 1 aliphatic heterocycles. The zero-order chi connectivity index (χ0) is 21.3. The lowest BCUT2D eigenvalue weighted by atomic mass is 10.1. The highest BCUT2D eigenvalue weighted by Gasteiger charge is 2.28. The van der Waals surface area contributed by atoms with Crippen LogP contribution in [0.1, 0.15) is 33.4 Å². The van der Waals surface area contributed by atoms with E-state index in [2.05, 4.69) is 5.32 Å². The Kier molecular flexibility index (Phi) is 5.48. The number of ether oxygens (including phenoxy) is 1. The quantitative estimate of drug-likeness (QED) is 0.603. The zero-order valence-corrected chi connectivity index (χ0v) is 17.9. The van der Waals surface area contributed by atoms with Gasteiger partial charge in [0.25, 0.3) is 5.91 Å². The van der Waals surface area contributed by atoms with Crippen LogP contribution in [-0.4, -0.2) is 39.2 Å².